The number of carbonyl (C=O) groups is 1. The first-order chi connectivity index (χ1) is 9.49. The third kappa shape index (κ3) is 2.53. The number of benzene rings is 1. The van der Waals surface area contributed by atoms with Crippen molar-refractivity contribution >= 4 is 17.7 Å². The summed E-state index contributed by atoms with van der Waals surface area (Å²) in [5, 5.41) is 17.8. The van der Waals surface area contributed by atoms with Crippen LogP contribution in [0.15, 0.2) is 6.07 Å². The number of methoxy groups -OCH3 is 1. The van der Waals surface area contributed by atoms with E-state index in [1.54, 1.807) is 0 Å². The third-order valence-corrected chi connectivity index (χ3v) is 3.70. The topological polar surface area (TPSA) is 70.0 Å². The largest absolute Gasteiger partial charge is 0.496 e. The van der Waals surface area contributed by atoms with Crippen molar-refractivity contribution in [3.05, 3.63) is 28.0 Å². The van der Waals surface area contributed by atoms with Gasteiger partial charge in [-0.1, -0.05) is 11.6 Å². The third-order valence-electron chi connectivity index (χ3n) is 3.43. The van der Waals surface area contributed by atoms with Crippen LogP contribution in [0.3, 0.4) is 0 Å². The molecule has 0 spiro atoms. The molecule has 1 aromatic rings. The lowest BCUT2D eigenvalue weighted by atomic mass is 9.88. The molecular weight excluding hydrogens is 289 g/mol. The van der Waals surface area contributed by atoms with Crippen LogP contribution in [0.4, 0.5) is 9.18 Å². The van der Waals surface area contributed by atoms with Gasteiger partial charge in [0.1, 0.15) is 11.6 Å². The Morgan fingerprint density at radius 2 is 2.25 bits per heavy atom. The molecule has 0 atom stereocenters. The van der Waals surface area contributed by atoms with Gasteiger partial charge in [0.05, 0.1) is 12.1 Å². The molecule has 0 unspecified atom stereocenters. The van der Waals surface area contributed by atoms with E-state index in [0.717, 1.165) is 0 Å². The molecule has 1 heterocycles. The Labute approximate surface area is 120 Å². The van der Waals surface area contributed by atoms with E-state index in [4.69, 9.17) is 26.6 Å². The quantitative estimate of drug-likeness (QED) is 0.893. The summed E-state index contributed by atoms with van der Waals surface area (Å²) in [7, 11) is 1.42. The number of aliphatic hydroxyl groups excluding tert-OH is 1. The Morgan fingerprint density at radius 3 is 2.75 bits per heavy atom. The summed E-state index contributed by atoms with van der Waals surface area (Å²) in [4.78, 5) is 12.0. The zero-order chi connectivity index (χ0) is 14.9. The molecule has 0 bridgehead atoms. The fraction of sp³-hybridized carbons (Fsp3) is 0.462. The van der Waals surface area contributed by atoms with Gasteiger partial charge in [0.2, 0.25) is 0 Å². The maximum absolute atomic E-state index is 14.2. The Hall–Kier alpha value is -1.53. The Kier molecular flexibility index (Phi) is 4.35. The van der Waals surface area contributed by atoms with Gasteiger partial charge >= 0.3 is 6.09 Å². The first kappa shape index (κ1) is 14.9. The molecule has 1 saturated heterocycles. The summed E-state index contributed by atoms with van der Waals surface area (Å²) >= 11 is 5.87. The minimum absolute atomic E-state index is 0.0435. The van der Waals surface area contributed by atoms with Crippen molar-refractivity contribution in [2.45, 2.75) is 12.3 Å². The van der Waals surface area contributed by atoms with Gasteiger partial charge in [0, 0.05) is 31.2 Å². The van der Waals surface area contributed by atoms with Gasteiger partial charge in [-0.05, 0) is 18.1 Å². The highest BCUT2D eigenvalue weighted by Crippen LogP contribution is 2.40. The van der Waals surface area contributed by atoms with Crippen molar-refractivity contribution in [1.82, 2.24) is 4.90 Å². The monoisotopic (exact) mass is 303 g/mol. The molecule has 1 aliphatic rings. The minimum Gasteiger partial charge on any atom is -0.496 e. The highest BCUT2D eigenvalue weighted by Gasteiger charge is 2.36. The summed E-state index contributed by atoms with van der Waals surface area (Å²) in [5.41, 5.74) is 0.908. The van der Waals surface area contributed by atoms with Crippen LogP contribution < -0.4 is 4.74 Å². The first-order valence-corrected chi connectivity index (χ1v) is 6.50. The molecule has 5 nitrogen and oxygen atoms in total. The maximum Gasteiger partial charge on any atom is 0.407 e. The van der Waals surface area contributed by atoms with E-state index in [1.165, 1.54) is 18.1 Å². The number of halogens is 2. The number of hydrogen-bond donors (Lipinski definition) is 2. The highest BCUT2D eigenvalue weighted by atomic mass is 35.5. The zero-order valence-corrected chi connectivity index (χ0v) is 11.7. The van der Waals surface area contributed by atoms with Crippen LogP contribution in [-0.4, -0.2) is 48.0 Å². The van der Waals surface area contributed by atoms with Crippen molar-refractivity contribution in [3.8, 4) is 5.75 Å². The number of rotatable bonds is 4. The van der Waals surface area contributed by atoms with Crippen LogP contribution in [0.25, 0.3) is 0 Å². The molecule has 110 valence electrons. The Bertz CT molecular complexity index is 532. The number of amides is 1. The fourth-order valence-electron chi connectivity index (χ4n) is 2.41. The van der Waals surface area contributed by atoms with Gasteiger partial charge in [-0.2, -0.15) is 0 Å². The predicted molar refractivity (Wildman–Crippen MR) is 71.1 cm³/mol. The van der Waals surface area contributed by atoms with Gasteiger partial charge in [0.15, 0.2) is 0 Å². The second kappa shape index (κ2) is 5.85. The first-order valence-electron chi connectivity index (χ1n) is 6.13. The average Bonchev–Trinajstić information content (AvgIpc) is 2.33. The summed E-state index contributed by atoms with van der Waals surface area (Å²) in [6.07, 6.45) is -0.732. The van der Waals surface area contributed by atoms with Crippen LogP contribution >= 0.6 is 11.6 Å². The molecule has 0 aromatic heterocycles. The standard InChI is InChI=1S/C13H15ClFNO4/c1-20-12-7(2-3-17)4-9(14)11(15)10(12)8-5-16(6-8)13(18)19/h4,8,17H,2-3,5-6H2,1H3,(H,18,19). The predicted octanol–water partition coefficient (Wildman–Crippen LogP) is 2.10. The number of likely N-dealkylation sites (tertiary alicyclic amines) is 1. The molecule has 1 aromatic carbocycles. The average molecular weight is 304 g/mol. The minimum atomic E-state index is -1.03. The molecule has 1 aliphatic heterocycles. The highest BCUT2D eigenvalue weighted by molar-refractivity contribution is 6.31. The lowest BCUT2D eigenvalue weighted by molar-refractivity contribution is 0.103. The fourth-order valence-corrected chi connectivity index (χ4v) is 2.65. The Morgan fingerprint density at radius 1 is 1.60 bits per heavy atom. The number of hydrogen-bond acceptors (Lipinski definition) is 3. The van der Waals surface area contributed by atoms with E-state index >= 15 is 0 Å². The summed E-state index contributed by atoms with van der Waals surface area (Å²) in [5.74, 6) is -0.520. The molecule has 0 saturated carbocycles. The Balaban J connectivity index is 2.38. The summed E-state index contributed by atoms with van der Waals surface area (Å²) in [6, 6.07) is 1.43. The lowest BCUT2D eigenvalue weighted by Gasteiger charge is -2.38. The van der Waals surface area contributed by atoms with Crippen molar-refractivity contribution in [2.24, 2.45) is 0 Å². The van der Waals surface area contributed by atoms with Gasteiger partial charge in [0.25, 0.3) is 0 Å². The molecule has 2 N–H and O–H groups in total. The van der Waals surface area contributed by atoms with Crippen LogP contribution in [-0.2, 0) is 6.42 Å². The smallest absolute Gasteiger partial charge is 0.407 e. The molecule has 2 rings (SSSR count). The zero-order valence-electron chi connectivity index (χ0n) is 10.9. The van der Waals surface area contributed by atoms with Crippen LogP contribution in [0.1, 0.15) is 17.0 Å². The van der Waals surface area contributed by atoms with E-state index < -0.39 is 11.9 Å². The second-order valence-corrected chi connectivity index (χ2v) is 5.04. The van der Waals surface area contributed by atoms with Crippen molar-refractivity contribution in [1.29, 1.82) is 0 Å². The lowest BCUT2D eigenvalue weighted by Crippen LogP contribution is -2.48. The van der Waals surface area contributed by atoms with Gasteiger partial charge < -0.3 is 19.8 Å². The van der Waals surface area contributed by atoms with Crippen molar-refractivity contribution < 1.29 is 24.1 Å². The van der Waals surface area contributed by atoms with Gasteiger partial charge in [-0.25, -0.2) is 9.18 Å². The number of ether oxygens (including phenoxy) is 1. The van der Waals surface area contributed by atoms with Crippen LogP contribution in [0, 0.1) is 5.82 Å². The summed E-state index contributed by atoms with van der Waals surface area (Å²) in [6.45, 7) is 0.312. The maximum atomic E-state index is 14.2. The molecular formula is C13H15ClFNO4. The van der Waals surface area contributed by atoms with E-state index in [2.05, 4.69) is 0 Å². The van der Waals surface area contributed by atoms with Crippen molar-refractivity contribution in [2.75, 3.05) is 26.8 Å². The SMILES string of the molecule is COc1c(CCO)cc(Cl)c(F)c1C1CN(C(=O)O)C1. The molecule has 1 amide bonds. The normalized spacial score (nSPS) is 15.1. The van der Waals surface area contributed by atoms with E-state index in [9.17, 15) is 9.18 Å². The second-order valence-electron chi connectivity index (χ2n) is 4.64. The number of nitrogens with zero attached hydrogens (tertiary/aromatic N) is 1. The molecule has 20 heavy (non-hydrogen) atoms. The van der Waals surface area contributed by atoms with Gasteiger partial charge in [-0.15, -0.1) is 0 Å². The molecule has 0 aliphatic carbocycles. The molecule has 7 heteroatoms. The van der Waals surface area contributed by atoms with Crippen LogP contribution in [0.5, 0.6) is 5.75 Å². The molecule has 0 radical (unpaired) electrons. The van der Waals surface area contributed by atoms with Crippen molar-refractivity contribution in [3.63, 3.8) is 0 Å². The van der Waals surface area contributed by atoms with Crippen LogP contribution in [0.2, 0.25) is 5.02 Å². The van der Waals surface area contributed by atoms with Gasteiger partial charge in [-0.3, -0.25) is 0 Å². The van der Waals surface area contributed by atoms with E-state index in [0.29, 0.717) is 23.3 Å². The number of carboxylic acid groups (broad SMARTS) is 1. The number of aliphatic hydroxyl groups is 1. The molecule has 1 fully saturated rings. The van der Waals surface area contributed by atoms with E-state index in [-0.39, 0.29) is 30.6 Å². The van der Waals surface area contributed by atoms with E-state index in [1.807, 2.05) is 0 Å². The summed E-state index contributed by atoms with van der Waals surface area (Å²) < 4.78 is 19.5.